The molecule has 0 amide bonds. The van der Waals surface area contributed by atoms with Gasteiger partial charge in [-0.3, -0.25) is 9.77 Å². The lowest BCUT2D eigenvalue weighted by molar-refractivity contribution is -0.186. The molecule has 0 fully saturated rings. The number of anilines is 1. The molecule has 27 heavy (non-hydrogen) atoms. The number of ether oxygens (including phenoxy) is 3. The number of nitrogens with one attached hydrogen (secondary N) is 1. The molecule has 11 nitrogen and oxygen atoms in total. The van der Waals surface area contributed by atoms with Gasteiger partial charge in [0.2, 0.25) is 12.2 Å². The minimum absolute atomic E-state index is 0.0137. The van der Waals surface area contributed by atoms with Gasteiger partial charge in [0.05, 0.1) is 30.9 Å². The van der Waals surface area contributed by atoms with Crippen molar-refractivity contribution >= 4 is 44.6 Å². The van der Waals surface area contributed by atoms with Gasteiger partial charge in [-0.05, 0) is 15.9 Å². The molecule has 0 aliphatic carbocycles. The first-order valence-electron chi connectivity index (χ1n) is 7.47. The first-order valence-corrected chi connectivity index (χ1v) is 8.64. The zero-order chi connectivity index (χ0) is 19.9. The maximum absolute atomic E-state index is 12.4. The summed E-state index contributed by atoms with van der Waals surface area (Å²) in [5, 5.41) is 11.5. The van der Waals surface area contributed by atoms with Crippen molar-refractivity contribution in [3.63, 3.8) is 0 Å². The van der Waals surface area contributed by atoms with E-state index in [1.807, 2.05) is 0 Å². The van der Waals surface area contributed by atoms with Crippen LogP contribution in [0, 0.1) is 0 Å². The van der Waals surface area contributed by atoms with Crippen molar-refractivity contribution in [1.82, 2.24) is 24.6 Å². The molecular weight excluding hydrogens is 448 g/mol. The van der Waals surface area contributed by atoms with Gasteiger partial charge in [-0.15, -0.1) is 0 Å². The topological polar surface area (TPSA) is 141 Å². The Labute approximate surface area is 166 Å². The van der Waals surface area contributed by atoms with E-state index in [1.54, 1.807) is 0 Å². The molecule has 0 bridgehead atoms. The number of hydrogen-bond donors (Lipinski definition) is 3. The summed E-state index contributed by atoms with van der Waals surface area (Å²) in [5.74, 6) is 0.468. The quantitative estimate of drug-likeness (QED) is 0.557. The Hall–Kier alpha value is -2.28. The molecule has 1 aliphatic heterocycles. The monoisotopic (exact) mass is 462 g/mol. The van der Waals surface area contributed by atoms with E-state index < -0.39 is 11.9 Å². The summed E-state index contributed by atoms with van der Waals surface area (Å²) in [5.41, 5.74) is 5.80. The number of fused-ring (bicyclic) bond motifs is 1. The molecule has 0 spiro atoms. The van der Waals surface area contributed by atoms with Gasteiger partial charge in [0, 0.05) is 7.11 Å². The van der Waals surface area contributed by atoms with Crippen LogP contribution in [-0.2, 0) is 20.8 Å². The predicted octanol–water partition coefficient (Wildman–Crippen LogP) is 1.14. The van der Waals surface area contributed by atoms with Gasteiger partial charge >= 0.3 is 5.69 Å². The number of aromatic amines is 1. The second-order valence-electron chi connectivity index (χ2n) is 5.38. The number of nitrogen functional groups attached to an aromatic ring is 1. The Balaban J connectivity index is 2.17. The zero-order valence-electron chi connectivity index (χ0n) is 14.5. The summed E-state index contributed by atoms with van der Waals surface area (Å²) in [6.45, 7) is -0.105. The van der Waals surface area contributed by atoms with Crippen LogP contribution < -0.4 is 11.4 Å². The summed E-state index contributed by atoms with van der Waals surface area (Å²) in [6, 6.07) is 0. The molecule has 0 saturated carbocycles. The molecule has 3 heterocycles. The number of nitrogens with two attached hydrogens (primary N) is 1. The predicted molar refractivity (Wildman–Crippen MR) is 99.0 cm³/mol. The van der Waals surface area contributed by atoms with Crippen LogP contribution in [0.2, 0.25) is 5.15 Å². The van der Waals surface area contributed by atoms with Crippen molar-refractivity contribution in [1.29, 1.82) is 0 Å². The lowest BCUT2D eigenvalue weighted by Gasteiger charge is -2.34. The van der Waals surface area contributed by atoms with Crippen LogP contribution in [-0.4, -0.2) is 57.3 Å². The third-order valence-corrected chi connectivity index (χ3v) is 5.04. The number of methoxy groups -OCH3 is 3. The van der Waals surface area contributed by atoms with Crippen molar-refractivity contribution in [2.45, 2.75) is 12.8 Å². The van der Waals surface area contributed by atoms with Crippen molar-refractivity contribution in [3.8, 4) is 0 Å². The van der Waals surface area contributed by atoms with Crippen LogP contribution in [0.1, 0.15) is 0 Å². The summed E-state index contributed by atoms with van der Waals surface area (Å²) < 4.78 is 17.5. The fourth-order valence-corrected chi connectivity index (χ4v) is 3.63. The normalized spacial score (nSPS) is 17.9. The lowest BCUT2D eigenvalue weighted by Crippen LogP contribution is -2.41. The van der Waals surface area contributed by atoms with Crippen molar-refractivity contribution < 1.29 is 19.4 Å². The highest BCUT2D eigenvalue weighted by atomic mass is 79.9. The third-order valence-electron chi connectivity index (χ3n) is 3.95. The van der Waals surface area contributed by atoms with Gasteiger partial charge in [0.1, 0.15) is 5.52 Å². The third kappa shape index (κ3) is 3.14. The van der Waals surface area contributed by atoms with E-state index in [-0.39, 0.29) is 40.3 Å². The second kappa shape index (κ2) is 7.38. The Morgan fingerprint density at radius 2 is 2.04 bits per heavy atom. The molecule has 1 unspecified atom stereocenters. The Morgan fingerprint density at radius 1 is 1.33 bits per heavy atom. The average Bonchev–Trinajstić information content (AvgIpc) is 2.94. The summed E-state index contributed by atoms with van der Waals surface area (Å²) in [7, 11) is 4.26. The fraction of sp³-hybridized carbons (Fsp3) is 0.357. The van der Waals surface area contributed by atoms with Gasteiger partial charge in [-0.1, -0.05) is 11.6 Å². The summed E-state index contributed by atoms with van der Waals surface area (Å²) >= 11 is 9.39. The standard InChI is InChI=1S/C14H16BrClN6O5/c1-25-8-6(15)5(22(24)12(27-3)9(8)26-2)4-21-11-7(18-14(21)23)10(16)19-13(17)20-11/h12,24H,4H2,1-3H3,(H,18,23)(H2,17,19,20). The molecule has 2 aromatic rings. The van der Waals surface area contributed by atoms with Crippen molar-refractivity contribution in [3.05, 3.63) is 37.3 Å². The molecule has 0 radical (unpaired) electrons. The Bertz CT molecular complexity index is 1020. The maximum atomic E-state index is 12.4. The van der Waals surface area contributed by atoms with E-state index in [2.05, 4.69) is 30.9 Å². The number of nitrogens with zero attached hydrogens (tertiary/aromatic N) is 4. The van der Waals surface area contributed by atoms with Gasteiger partial charge in [-0.25, -0.2) is 9.86 Å². The first-order chi connectivity index (χ1) is 12.8. The van der Waals surface area contributed by atoms with E-state index in [1.165, 1.54) is 25.9 Å². The maximum Gasteiger partial charge on any atom is 0.328 e. The van der Waals surface area contributed by atoms with E-state index in [9.17, 15) is 10.0 Å². The second-order valence-corrected chi connectivity index (χ2v) is 6.53. The molecular formula is C14H16BrClN6O5. The van der Waals surface area contributed by atoms with E-state index >= 15 is 0 Å². The number of rotatable bonds is 5. The Morgan fingerprint density at radius 3 is 2.63 bits per heavy atom. The van der Waals surface area contributed by atoms with Crippen molar-refractivity contribution in [2.24, 2.45) is 0 Å². The number of allylic oxidation sites excluding steroid dienone is 2. The average molecular weight is 464 g/mol. The number of imidazole rings is 1. The van der Waals surface area contributed by atoms with Gasteiger partial charge in [0.25, 0.3) is 0 Å². The number of H-pyrrole nitrogens is 1. The number of hydrogen-bond acceptors (Lipinski definition) is 9. The van der Waals surface area contributed by atoms with Gasteiger partial charge in [-0.2, -0.15) is 9.97 Å². The highest BCUT2D eigenvalue weighted by Gasteiger charge is 2.36. The Kier molecular flexibility index (Phi) is 5.33. The van der Waals surface area contributed by atoms with Crippen LogP contribution in [0.3, 0.4) is 0 Å². The summed E-state index contributed by atoms with van der Waals surface area (Å²) in [4.78, 5) is 22.9. The molecule has 3 rings (SSSR count). The van der Waals surface area contributed by atoms with E-state index in [0.29, 0.717) is 10.2 Å². The first kappa shape index (κ1) is 19.5. The highest BCUT2D eigenvalue weighted by Crippen LogP contribution is 2.36. The van der Waals surface area contributed by atoms with Crippen LogP contribution in [0.5, 0.6) is 0 Å². The van der Waals surface area contributed by atoms with Gasteiger partial charge in [0.15, 0.2) is 22.3 Å². The van der Waals surface area contributed by atoms with Crippen LogP contribution in [0.15, 0.2) is 26.5 Å². The molecule has 4 N–H and O–H groups in total. The molecule has 146 valence electrons. The molecule has 2 aromatic heterocycles. The fourth-order valence-electron chi connectivity index (χ4n) is 2.74. The minimum atomic E-state index is -0.981. The highest BCUT2D eigenvalue weighted by molar-refractivity contribution is 9.12. The van der Waals surface area contributed by atoms with E-state index in [0.717, 1.165) is 5.06 Å². The lowest BCUT2D eigenvalue weighted by atomic mass is 10.2. The minimum Gasteiger partial charge on any atom is -0.493 e. The summed E-state index contributed by atoms with van der Waals surface area (Å²) in [6.07, 6.45) is -0.981. The van der Waals surface area contributed by atoms with Crippen LogP contribution >= 0.6 is 27.5 Å². The van der Waals surface area contributed by atoms with Crippen molar-refractivity contribution in [2.75, 3.05) is 27.1 Å². The number of aromatic nitrogens is 4. The number of halogens is 2. The molecule has 0 aromatic carbocycles. The molecule has 13 heteroatoms. The van der Waals surface area contributed by atoms with Gasteiger partial charge < -0.3 is 24.9 Å². The van der Waals surface area contributed by atoms with Crippen LogP contribution in [0.4, 0.5) is 5.95 Å². The van der Waals surface area contributed by atoms with Crippen LogP contribution in [0.25, 0.3) is 11.2 Å². The molecule has 0 saturated heterocycles. The number of hydroxylamine groups is 2. The molecule has 1 atom stereocenters. The SMILES string of the molecule is COC1=C(OC)C(OC)N(O)C(Cn2c(=O)[nH]c3c(Cl)nc(N)nc32)=C1Br. The zero-order valence-corrected chi connectivity index (χ0v) is 16.8. The largest absolute Gasteiger partial charge is 0.493 e. The smallest absolute Gasteiger partial charge is 0.328 e. The molecule has 1 aliphatic rings. The van der Waals surface area contributed by atoms with E-state index in [4.69, 9.17) is 31.5 Å².